The Hall–Kier alpha value is -0.540. The van der Waals surface area contributed by atoms with Gasteiger partial charge < -0.3 is 5.73 Å². The molecular formula is C14H19Cl2F3N2O2S. The Morgan fingerprint density at radius 3 is 2.38 bits per heavy atom. The number of benzene rings is 1. The van der Waals surface area contributed by atoms with Crippen LogP contribution in [0.5, 0.6) is 0 Å². The third kappa shape index (κ3) is 4.16. The van der Waals surface area contributed by atoms with Crippen LogP contribution in [0, 0.1) is 5.41 Å². The summed E-state index contributed by atoms with van der Waals surface area (Å²) in [6, 6.07) is 2.12. The van der Waals surface area contributed by atoms with Gasteiger partial charge in [-0.15, -0.1) is 12.4 Å². The molecule has 138 valence electrons. The summed E-state index contributed by atoms with van der Waals surface area (Å²) in [4.78, 5) is -0.321. The van der Waals surface area contributed by atoms with Crippen molar-refractivity contribution in [3.63, 3.8) is 0 Å². The van der Waals surface area contributed by atoms with Crippen molar-refractivity contribution in [2.45, 2.75) is 37.4 Å². The highest BCUT2D eigenvalue weighted by atomic mass is 35.5. The molecule has 1 atom stereocenters. The third-order valence-corrected chi connectivity index (χ3v) is 6.48. The SMILES string of the molecule is CC1(C)CN(S(=O)(=O)c2ccc(C(F)(F)F)cc2Cl)CCC1N.Cl. The van der Waals surface area contributed by atoms with Crippen LogP contribution < -0.4 is 5.73 Å². The Kier molecular flexibility index (Phi) is 6.27. The van der Waals surface area contributed by atoms with E-state index < -0.39 is 32.2 Å². The van der Waals surface area contributed by atoms with Gasteiger partial charge in [-0.05, 0) is 30.0 Å². The number of sulfonamides is 1. The highest BCUT2D eigenvalue weighted by molar-refractivity contribution is 7.89. The number of hydrogen-bond donors (Lipinski definition) is 1. The molecule has 0 saturated carbocycles. The van der Waals surface area contributed by atoms with Crippen molar-refractivity contribution in [1.82, 2.24) is 4.31 Å². The molecule has 1 saturated heterocycles. The molecule has 1 fully saturated rings. The molecule has 0 spiro atoms. The minimum Gasteiger partial charge on any atom is -0.327 e. The molecule has 1 aliphatic heterocycles. The van der Waals surface area contributed by atoms with Crippen LogP contribution in [-0.4, -0.2) is 31.9 Å². The molecule has 0 aliphatic carbocycles. The zero-order chi connectivity index (χ0) is 17.6. The van der Waals surface area contributed by atoms with Crippen molar-refractivity contribution in [1.29, 1.82) is 0 Å². The van der Waals surface area contributed by atoms with Gasteiger partial charge >= 0.3 is 6.18 Å². The number of piperidine rings is 1. The Balaban J connectivity index is 0.00000288. The summed E-state index contributed by atoms with van der Waals surface area (Å²) < 4.78 is 64.6. The molecule has 1 aliphatic rings. The average molecular weight is 407 g/mol. The Morgan fingerprint density at radius 2 is 1.92 bits per heavy atom. The van der Waals surface area contributed by atoms with E-state index in [4.69, 9.17) is 17.3 Å². The van der Waals surface area contributed by atoms with Crippen LogP contribution in [-0.2, 0) is 16.2 Å². The first-order valence-corrected chi connectivity index (χ1v) is 8.80. The van der Waals surface area contributed by atoms with E-state index in [0.717, 1.165) is 12.1 Å². The van der Waals surface area contributed by atoms with Crippen molar-refractivity contribution in [3.05, 3.63) is 28.8 Å². The fourth-order valence-electron chi connectivity index (χ4n) is 2.56. The first-order chi connectivity index (χ1) is 10.4. The van der Waals surface area contributed by atoms with E-state index in [1.165, 1.54) is 4.31 Å². The van der Waals surface area contributed by atoms with Crippen LogP contribution >= 0.6 is 24.0 Å². The molecule has 0 radical (unpaired) electrons. The lowest BCUT2D eigenvalue weighted by Crippen LogP contribution is -2.53. The van der Waals surface area contributed by atoms with Crippen LogP contribution in [0.2, 0.25) is 5.02 Å². The normalized spacial score (nSPS) is 22.0. The van der Waals surface area contributed by atoms with E-state index in [1.807, 2.05) is 13.8 Å². The van der Waals surface area contributed by atoms with Crippen molar-refractivity contribution in [2.75, 3.05) is 13.1 Å². The number of rotatable bonds is 2. The highest BCUT2D eigenvalue weighted by Gasteiger charge is 2.40. The van der Waals surface area contributed by atoms with Gasteiger partial charge in [-0.1, -0.05) is 25.4 Å². The van der Waals surface area contributed by atoms with E-state index in [1.54, 1.807) is 0 Å². The molecule has 10 heteroatoms. The van der Waals surface area contributed by atoms with Gasteiger partial charge in [-0.2, -0.15) is 17.5 Å². The molecule has 1 heterocycles. The summed E-state index contributed by atoms with van der Waals surface area (Å²) in [5.41, 5.74) is 4.57. The average Bonchev–Trinajstić information content (AvgIpc) is 2.40. The first kappa shape index (κ1) is 21.5. The minimum absolute atomic E-state index is 0. The standard InChI is InChI=1S/C14H18ClF3N2O2S.ClH/c1-13(2)8-20(6-5-12(13)19)23(21,22)11-4-3-9(7-10(11)15)14(16,17)18;/h3-4,7,12H,5-6,8,19H2,1-2H3;1H. The Bertz CT molecular complexity index is 708. The van der Waals surface area contributed by atoms with Crippen LogP contribution in [0.4, 0.5) is 13.2 Å². The third-order valence-electron chi connectivity index (χ3n) is 4.15. The fraction of sp³-hybridized carbons (Fsp3) is 0.571. The maximum atomic E-state index is 12.7. The molecule has 2 rings (SSSR count). The molecule has 0 aromatic heterocycles. The van der Waals surface area contributed by atoms with Crippen LogP contribution in [0.25, 0.3) is 0 Å². The Labute approximate surface area is 150 Å². The molecule has 24 heavy (non-hydrogen) atoms. The monoisotopic (exact) mass is 406 g/mol. The van der Waals surface area contributed by atoms with Gasteiger partial charge in [0.1, 0.15) is 4.90 Å². The van der Waals surface area contributed by atoms with Gasteiger partial charge in [0.15, 0.2) is 0 Å². The van der Waals surface area contributed by atoms with Gasteiger partial charge in [-0.3, -0.25) is 0 Å². The summed E-state index contributed by atoms with van der Waals surface area (Å²) in [5.74, 6) is 0. The molecule has 0 bridgehead atoms. The van der Waals surface area contributed by atoms with E-state index in [9.17, 15) is 21.6 Å². The number of nitrogens with two attached hydrogens (primary N) is 1. The predicted octanol–water partition coefficient (Wildman–Crippen LogP) is 3.53. The predicted molar refractivity (Wildman–Crippen MR) is 88.8 cm³/mol. The summed E-state index contributed by atoms with van der Waals surface area (Å²) in [6.45, 7) is 4.11. The van der Waals surface area contributed by atoms with Crippen LogP contribution in [0.15, 0.2) is 23.1 Å². The maximum absolute atomic E-state index is 12.7. The summed E-state index contributed by atoms with van der Waals surface area (Å²) in [6.07, 6.45) is -4.10. The van der Waals surface area contributed by atoms with E-state index in [0.29, 0.717) is 12.5 Å². The topological polar surface area (TPSA) is 63.4 Å². The lowest BCUT2D eigenvalue weighted by atomic mass is 9.81. The second-order valence-corrected chi connectivity index (χ2v) is 8.68. The lowest BCUT2D eigenvalue weighted by molar-refractivity contribution is -0.137. The minimum atomic E-state index is -4.58. The summed E-state index contributed by atoms with van der Waals surface area (Å²) in [5, 5.41) is -0.437. The van der Waals surface area contributed by atoms with Gasteiger partial charge in [-0.25, -0.2) is 8.42 Å². The maximum Gasteiger partial charge on any atom is 0.416 e. The van der Waals surface area contributed by atoms with Gasteiger partial charge in [0.25, 0.3) is 0 Å². The highest BCUT2D eigenvalue weighted by Crippen LogP contribution is 2.36. The number of halogens is 5. The van der Waals surface area contributed by atoms with Gasteiger partial charge in [0, 0.05) is 19.1 Å². The van der Waals surface area contributed by atoms with Crippen molar-refractivity contribution in [2.24, 2.45) is 11.1 Å². The number of nitrogens with zero attached hydrogens (tertiary/aromatic N) is 1. The summed E-state index contributed by atoms with van der Waals surface area (Å²) >= 11 is 5.81. The second-order valence-electron chi connectivity index (χ2n) is 6.37. The fourth-order valence-corrected chi connectivity index (χ4v) is 4.70. The summed E-state index contributed by atoms with van der Waals surface area (Å²) in [7, 11) is -3.97. The van der Waals surface area contributed by atoms with E-state index in [-0.39, 0.29) is 36.4 Å². The zero-order valence-corrected chi connectivity index (χ0v) is 15.5. The molecule has 4 nitrogen and oxygen atoms in total. The van der Waals surface area contributed by atoms with Gasteiger partial charge in [0.2, 0.25) is 10.0 Å². The molecule has 1 aromatic rings. The van der Waals surface area contributed by atoms with Crippen LogP contribution in [0.3, 0.4) is 0 Å². The van der Waals surface area contributed by atoms with E-state index >= 15 is 0 Å². The second kappa shape index (κ2) is 6.99. The molecule has 1 unspecified atom stereocenters. The molecule has 1 aromatic carbocycles. The quantitative estimate of drug-likeness (QED) is 0.816. The number of hydrogen-bond acceptors (Lipinski definition) is 3. The lowest BCUT2D eigenvalue weighted by Gasteiger charge is -2.41. The van der Waals surface area contributed by atoms with Crippen molar-refractivity contribution >= 4 is 34.0 Å². The van der Waals surface area contributed by atoms with Crippen molar-refractivity contribution < 1.29 is 21.6 Å². The zero-order valence-electron chi connectivity index (χ0n) is 13.1. The first-order valence-electron chi connectivity index (χ1n) is 6.98. The smallest absolute Gasteiger partial charge is 0.327 e. The molecule has 0 amide bonds. The number of alkyl halides is 3. The molecule has 2 N–H and O–H groups in total. The largest absolute Gasteiger partial charge is 0.416 e. The van der Waals surface area contributed by atoms with Gasteiger partial charge in [0.05, 0.1) is 10.6 Å². The van der Waals surface area contributed by atoms with Crippen LogP contribution in [0.1, 0.15) is 25.8 Å². The molecular weight excluding hydrogens is 388 g/mol. The van der Waals surface area contributed by atoms with Crippen molar-refractivity contribution in [3.8, 4) is 0 Å². The Morgan fingerprint density at radius 1 is 1.33 bits per heavy atom. The van der Waals surface area contributed by atoms with E-state index in [2.05, 4.69) is 0 Å².